The van der Waals surface area contributed by atoms with Gasteiger partial charge in [0.1, 0.15) is 23.3 Å². The highest BCUT2D eigenvalue weighted by Gasteiger charge is 2.47. The van der Waals surface area contributed by atoms with Crippen molar-refractivity contribution < 1.29 is 32.6 Å². The van der Waals surface area contributed by atoms with E-state index in [1.807, 2.05) is 55.7 Å². The van der Waals surface area contributed by atoms with Crippen molar-refractivity contribution in [3.05, 3.63) is 84.4 Å². The molecule has 2 amide bonds. The second-order valence-corrected chi connectivity index (χ2v) is 20.9. The predicted octanol–water partition coefficient (Wildman–Crippen LogP) is 4.44. The van der Waals surface area contributed by atoms with Crippen molar-refractivity contribution in [3.63, 3.8) is 0 Å². The molecule has 24 nitrogen and oxygen atoms in total. The molecule has 77 heavy (non-hydrogen) atoms. The summed E-state index contributed by atoms with van der Waals surface area (Å²) < 4.78 is 32.2. The Morgan fingerprint density at radius 1 is 0.571 bits per heavy atom. The van der Waals surface area contributed by atoms with Crippen molar-refractivity contribution >= 4 is 69.6 Å². The zero-order chi connectivity index (χ0) is 52.2. The van der Waals surface area contributed by atoms with Crippen LogP contribution in [0, 0.1) is 17.3 Å². The zero-order valence-corrected chi connectivity index (χ0v) is 43.2. The molecule has 24 heteroatoms. The summed E-state index contributed by atoms with van der Waals surface area (Å²) in [6, 6.07) is 15.6. The van der Waals surface area contributed by atoms with Crippen LogP contribution in [-0.2, 0) is 28.3 Å². The number of hydrogen-bond acceptors (Lipinski definition) is 20. The fraction of sp³-hybridized carbons (Fsp3) is 0.434. The maximum atomic E-state index is 13.8. The van der Waals surface area contributed by atoms with Gasteiger partial charge in [0.15, 0.2) is 11.2 Å². The van der Waals surface area contributed by atoms with Crippen LogP contribution in [0.5, 0.6) is 0 Å². The average Bonchev–Trinajstić information content (AvgIpc) is 4.41. The first kappa shape index (κ1) is 48.6. The van der Waals surface area contributed by atoms with Gasteiger partial charge in [0, 0.05) is 127 Å². The summed E-state index contributed by atoms with van der Waals surface area (Å²) >= 11 is 0. The van der Waals surface area contributed by atoms with Gasteiger partial charge in [-0.15, -0.1) is 0 Å². The number of hydrogen-bond donors (Lipinski definition) is 2. The summed E-state index contributed by atoms with van der Waals surface area (Å²) in [5, 5.41) is 14.4. The fourth-order valence-corrected chi connectivity index (χ4v) is 11.3. The molecule has 1 spiro atoms. The molecule has 14 heterocycles. The van der Waals surface area contributed by atoms with Crippen molar-refractivity contribution in [3.8, 4) is 22.5 Å². The molecule has 2 unspecified atom stereocenters. The van der Waals surface area contributed by atoms with E-state index in [9.17, 15) is 9.59 Å². The topological polar surface area (TPSA) is 241 Å². The standard InChI is InChI=1S/C27H31N9O3.C26H28N8O4/c1-33-12-18-15-36(16-19(18)13-33)25-20(10-22-24(31-25)32-27(39-22)35-6-8-38-9-7-35)26(37)30-23-5-3-4-21(29-23)17-11-28-34(2)14-17;1-32-13-17(12-27-32)19-3-2-4-21(28-19)29-24(35)18-11-20-22(31-25(38-20)33-6-9-36-10-7-33)30-23(18)34-14-26(15-34)5-8-37-16-26/h3-5,10-11,14,18-19H,6-9,12-13,15-16H2,1-2H3,(H,29,30,37);2-4,11-13H,5-10,14-16H2,1H3,(H,28,29,35). The molecule has 8 aromatic heterocycles. The van der Waals surface area contributed by atoms with Crippen molar-refractivity contribution in [1.82, 2.24) is 54.4 Å². The first-order valence-corrected chi connectivity index (χ1v) is 26.1. The maximum Gasteiger partial charge on any atom is 0.300 e. The molecule has 0 aromatic carbocycles. The van der Waals surface area contributed by atoms with Crippen molar-refractivity contribution in [2.24, 2.45) is 31.3 Å². The number of aromatic nitrogens is 10. The second-order valence-electron chi connectivity index (χ2n) is 20.9. The number of morpholine rings is 2. The van der Waals surface area contributed by atoms with E-state index in [1.54, 1.807) is 46.0 Å². The van der Waals surface area contributed by atoms with Crippen LogP contribution in [0.2, 0.25) is 0 Å². The molecule has 0 aliphatic carbocycles. The number of carbonyl (C=O) groups excluding carboxylic acids is 2. The van der Waals surface area contributed by atoms with Crippen LogP contribution >= 0.6 is 0 Å². The van der Waals surface area contributed by atoms with Gasteiger partial charge in [-0.3, -0.25) is 19.0 Å². The van der Waals surface area contributed by atoms with Crippen molar-refractivity contribution in [2.45, 2.75) is 6.42 Å². The number of nitrogens with one attached hydrogen (secondary N) is 2. The van der Waals surface area contributed by atoms with Gasteiger partial charge in [0.05, 0.1) is 67.9 Å². The Hall–Kier alpha value is -8.06. The normalized spacial score (nSPS) is 20.2. The van der Waals surface area contributed by atoms with Gasteiger partial charge in [-0.2, -0.15) is 20.2 Å². The van der Waals surface area contributed by atoms with Crippen molar-refractivity contribution in [1.29, 1.82) is 0 Å². The van der Waals surface area contributed by atoms with Crippen LogP contribution in [0.25, 0.3) is 45.0 Å². The van der Waals surface area contributed by atoms with E-state index >= 15 is 0 Å². The Morgan fingerprint density at radius 3 is 1.52 bits per heavy atom. The molecule has 2 N–H and O–H groups in total. The number of aryl methyl sites for hydroxylation is 2. The number of fused-ring (bicyclic) bond motifs is 3. The van der Waals surface area contributed by atoms with Crippen LogP contribution in [0.4, 0.5) is 35.3 Å². The molecule has 14 rings (SSSR count). The monoisotopic (exact) mass is 1050 g/mol. The molecule has 8 aromatic rings. The van der Waals surface area contributed by atoms with Gasteiger partial charge in [-0.1, -0.05) is 12.1 Å². The summed E-state index contributed by atoms with van der Waals surface area (Å²) in [6.07, 6.45) is 8.28. The number of likely N-dealkylation sites (tertiary alicyclic amines) is 1. The maximum absolute atomic E-state index is 13.8. The van der Waals surface area contributed by atoms with E-state index in [2.05, 4.69) is 62.4 Å². The van der Waals surface area contributed by atoms with Crippen LogP contribution in [-0.4, -0.2) is 178 Å². The molecule has 398 valence electrons. The van der Waals surface area contributed by atoms with E-state index in [0.717, 1.165) is 81.4 Å². The summed E-state index contributed by atoms with van der Waals surface area (Å²) in [5.41, 5.74) is 6.16. The number of amides is 2. The predicted molar refractivity (Wildman–Crippen MR) is 285 cm³/mol. The number of carbonyl (C=O) groups is 2. The Balaban J connectivity index is 0.000000147. The number of pyridine rings is 4. The highest BCUT2D eigenvalue weighted by molar-refractivity contribution is 6.10. The van der Waals surface area contributed by atoms with E-state index in [0.29, 0.717) is 133 Å². The second kappa shape index (κ2) is 20.1. The first-order chi connectivity index (χ1) is 37.5. The quantitative estimate of drug-likeness (QED) is 0.192. The Labute approximate surface area is 442 Å². The highest BCUT2D eigenvalue weighted by atomic mass is 16.5. The molecule has 6 saturated heterocycles. The van der Waals surface area contributed by atoms with Gasteiger partial charge in [0.25, 0.3) is 23.8 Å². The van der Waals surface area contributed by atoms with Crippen LogP contribution in [0.15, 0.2) is 82.2 Å². The minimum absolute atomic E-state index is 0.132. The minimum atomic E-state index is -0.307. The largest absolute Gasteiger partial charge is 0.422 e. The lowest BCUT2D eigenvalue weighted by molar-refractivity contribution is 0.101. The van der Waals surface area contributed by atoms with Crippen LogP contribution in [0.3, 0.4) is 0 Å². The number of ether oxygens (including phenoxy) is 3. The number of oxazole rings is 2. The summed E-state index contributed by atoms with van der Waals surface area (Å²) in [4.78, 5) is 66.6. The number of nitrogens with zero attached hydrogens (tertiary/aromatic N) is 15. The molecular weight excluding hydrogens is 987 g/mol. The zero-order valence-electron chi connectivity index (χ0n) is 43.2. The van der Waals surface area contributed by atoms with Gasteiger partial charge < -0.3 is 58.2 Å². The molecule has 0 radical (unpaired) electrons. The van der Waals surface area contributed by atoms with E-state index in [1.165, 1.54) is 0 Å². The molecule has 0 bridgehead atoms. The smallest absolute Gasteiger partial charge is 0.300 e. The molecule has 6 aliphatic heterocycles. The van der Waals surface area contributed by atoms with Crippen LogP contribution in [0.1, 0.15) is 27.1 Å². The lowest BCUT2D eigenvalue weighted by Gasteiger charge is -2.48. The molecule has 6 aliphatic rings. The Morgan fingerprint density at radius 2 is 1.06 bits per heavy atom. The molecule has 6 fully saturated rings. The van der Waals surface area contributed by atoms with Crippen molar-refractivity contribution in [2.75, 3.05) is 142 Å². The number of anilines is 6. The number of rotatable bonds is 10. The van der Waals surface area contributed by atoms with Gasteiger partial charge in [-0.25, -0.2) is 19.9 Å². The van der Waals surface area contributed by atoms with E-state index in [4.69, 9.17) is 38.0 Å². The van der Waals surface area contributed by atoms with Gasteiger partial charge in [-0.05, 0) is 49.6 Å². The Bertz CT molecular complexity index is 3460. The first-order valence-electron chi connectivity index (χ1n) is 26.1. The third-order valence-electron chi connectivity index (χ3n) is 15.2. The van der Waals surface area contributed by atoms with Gasteiger partial charge >= 0.3 is 0 Å². The third kappa shape index (κ3) is 9.88. The molecule has 0 saturated carbocycles. The molecule has 2 atom stereocenters. The third-order valence-corrected chi connectivity index (χ3v) is 15.2. The average molecular weight is 1050 g/mol. The summed E-state index contributed by atoms with van der Waals surface area (Å²) in [7, 11) is 5.88. The lowest BCUT2D eigenvalue weighted by atomic mass is 9.79. The minimum Gasteiger partial charge on any atom is -0.422 e. The van der Waals surface area contributed by atoms with Crippen LogP contribution < -0.4 is 30.2 Å². The molecular formula is C53H59N17O7. The summed E-state index contributed by atoms with van der Waals surface area (Å²) in [6.45, 7) is 12.2. The van der Waals surface area contributed by atoms with Gasteiger partial charge in [0.2, 0.25) is 11.3 Å². The lowest BCUT2D eigenvalue weighted by Crippen LogP contribution is -2.57. The highest BCUT2D eigenvalue weighted by Crippen LogP contribution is 2.42. The van der Waals surface area contributed by atoms with E-state index < -0.39 is 0 Å². The summed E-state index contributed by atoms with van der Waals surface area (Å²) in [5.74, 6) is 2.66. The SMILES string of the molecule is CN1CC2CN(c3nc4nc(N5CCOCC5)oc4cc3C(=O)Nc3cccc(-c4cnn(C)c4)n3)CC2C1.Cn1cc(-c2cccc(NC(=O)c3cc4oc(N5CCOCC5)nc4nc3N3CC4(CCOC4)C3)n2)cn1. The Kier molecular flexibility index (Phi) is 12.7. The van der Waals surface area contributed by atoms with E-state index in [-0.39, 0.29) is 17.2 Å². The fourth-order valence-electron chi connectivity index (χ4n) is 11.3.